The van der Waals surface area contributed by atoms with Crippen molar-refractivity contribution in [3.8, 4) is 0 Å². The minimum Gasteiger partial charge on any atom is -0.268 e. The van der Waals surface area contributed by atoms with Gasteiger partial charge in [-0.3, -0.25) is 4.79 Å². The highest BCUT2D eigenvalue weighted by molar-refractivity contribution is 14.2. The van der Waals surface area contributed by atoms with E-state index in [0.717, 1.165) is 0 Å². The van der Waals surface area contributed by atoms with Crippen molar-refractivity contribution < 1.29 is 0 Å². The highest BCUT2D eigenvalue weighted by Gasteiger charge is 1.93. The molecule has 0 aliphatic heterocycles. The first-order chi connectivity index (χ1) is 4.74. The van der Waals surface area contributed by atoms with Crippen LogP contribution in [0.2, 0.25) is 0 Å². The van der Waals surface area contributed by atoms with Gasteiger partial charge in [0.25, 0.3) is 5.56 Å². The standard InChI is InChI=1S/C4H3BrIN2OP/c5-3-1-2-4(9)8(7-3)10-6/h1-2,10H. The second-order valence-electron chi connectivity index (χ2n) is 1.49. The highest BCUT2D eigenvalue weighted by Crippen LogP contribution is 2.19. The second-order valence-corrected chi connectivity index (χ2v) is 4.34. The third kappa shape index (κ3) is 2.00. The molecule has 0 bridgehead atoms. The largest absolute Gasteiger partial charge is 0.270 e. The van der Waals surface area contributed by atoms with E-state index in [2.05, 4.69) is 43.1 Å². The van der Waals surface area contributed by atoms with Gasteiger partial charge in [-0.25, -0.2) is 4.45 Å². The third-order valence-corrected chi connectivity index (χ3v) is 3.12. The van der Waals surface area contributed by atoms with Crippen molar-refractivity contribution in [2.45, 2.75) is 0 Å². The van der Waals surface area contributed by atoms with Crippen LogP contribution in [0.4, 0.5) is 0 Å². The SMILES string of the molecule is O=c1ccc(Br)nn1PI. The molecule has 0 radical (unpaired) electrons. The molecule has 3 nitrogen and oxygen atoms in total. The van der Waals surface area contributed by atoms with Crippen LogP contribution in [0.15, 0.2) is 21.5 Å². The van der Waals surface area contributed by atoms with Gasteiger partial charge in [0.2, 0.25) is 0 Å². The summed E-state index contributed by atoms with van der Waals surface area (Å²) >= 11 is 5.27. The summed E-state index contributed by atoms with van der Waals surface area (Å²) in [5.74, 6) is 0. The molecule has 1 aromatic heterocycles. The average Bonchev–Trinajstić information content (AvgIpc) is 1.94. The van der Waals surface area contributed by atoms with E-state index < -0.39 is 0 Å². The van der Waals surface area contributed by atoms with E-state index in [9.17, 15) is 4.79 Å². The Balaban J connectivity index is 3.22. The topological polar surface area (TPSA) is 34.9 Å². The van der Waals surface area contributed by atoms with Crippen molar-refractivity contribution in [3.63, 3.8) is 0 Å². The molecule has 1 aromatic rings. The van der Waals surface area contributed by atoms with Gasteiger partial charge in [0.15, 0.2) is 0 Å². The highest BCUT2D eigenvalue weighted by atomic mass is 127. The molecule has 0 aliphatic carbocycles. The minimum absolute atomic E-state index is 0.0593. The fraction of sp³-hybridized carbons (Fsp3) is 0. The lowest BCUT2D eigenvalue weighted by atomic mass is 10.6. The first kappa shape index (κ1) is 8.62. The van der Waals surface area contributed by atoms with E-state index in [1.165, 1.54) is 10.5 Å². The van der Waals surface area contributed by atoms with Crippen LogP contribution >= 0.6 is 44.3 Å². The van der Waals surface area contributed by atoms with Crippen LogP contribution in [0, 0.1) is 0 Å². The van der Waals surface area contributed by atoms with Crippen molar-refractivity contribution >= 4 is 44.3 Å². The number of rotatable bonds is 1. The van der Waals surface area contributed by atoms with Crippen LogP contribution in [0.25, 0.3) is 0 Å². The van der Waals surface area contributed by atoms with E-state index in [0.29, 0.717) is 11.0 Å². The summed E-state index contributed by atoms with van der Waals surface area (Å²) in [6, 6.07) is 3.12. The Kier molecular flexibility index (Phi) is 3.26. The molecule has 0 saturated heterocycles. The van der Waals surface area contributed by atoms with Crippen LogP contribution < -0.4 is 5.56 Å². The molecule has 0 saturated carbocycles. The molecule has 0 N–H and O–H groups in total. The molecule has 1 atom stereocenters. The smallest absolute Gasteiger partial charge is 0.268 e. The first-order valence-electron chi connectivity index (χ1n) is 2.36. The van der Waals surface area contributed by atoms with Crippen LogP contribution in [-0.2, 0) is 0 Å². The quantitative estimate of drug-likeness (QED) is 0.580. The number of halogens is 2. The molecular formula is C4H3BrIN2OP. The lowest BCUT2D eigenvalue weighted by molar-refractivity contribution is 0.899. The Morgan fingerprint density at radius 2 is 2.40 bits per heavy atom. The molecule has 0 spiro atoms. The molecule has 0 fully saturated rings. The molecule has 10 heavy (non-hydrogen) atoms. The molecule has 54 valence electrons. The maximum Gasteiger partial charge on any atom is 0.270 e. The Bertz CT molecular complexity index is 289. The van der Waals surface area contributed by atoms with Crippen molar-refractivity contribution in [1.82, 2.24) is 9.55 Å². The Hall–Kier alpha value is 0.520. The van der Waals surface area contributed by atoms with Crippen LogP contribution in [-0.4, -0.2) is 9.55 Å². The molecule has 0 amide bonds. The fourth-order valence-electron chi connectivity index (χ4n) is 0.449. The van der Waals surface area contributed by atoms with Gasteiger partial charge in [0.1, 0.15) is 4.60 Å². The summed E-state index contributed by atoms with van der Waals surface area (Å²) in [4.78, 5) is 10.9. The predicted molar refractivity (Wildman–Crippen MR) is 53.9 cm³/mol. The number of hydrogen-bond acceptors (Lipinski definition) is 2. The predicted octanol–water partition coefficient (Wildman–Crippen LogP) is 1.80. The molecule has 0 aliphatic rings. The Morgan fingerprint density at radius 1 is 1.70 bits per heavy atom. The monoisotopic (exact) mass is 332 g/mol. The summed E-state index contributed by atoms with van der Waals surface area (Å²) in [7, 11) is 0. The van der Waals surface area contributed by atoms with E-state index in [1.54, 1.807) is 6.07 Å². The summed E-state index contributed by atoms with van der Waals surface area (Å²) in [6.45, 7) is 0. The van der Waals surface area contributed by atoms with E-state index in [1.807, 2.05) is 0 Å². The maximum atomic E-state index is 10.9. The molecule has 6 heteroatoms. The van der Waals surface area contributed by atoms with Gasteiger partial charge in [-0.05, 0) is 44.0 Å². The molecule has 1 heterocycles. The van der Waals surface area contributed by atoms with Gasteiger partial charge in [-0.1, -0.05) is 0 Å². The lowest BCUT2D eigenvalue weighted by Gasteiger charge is -1.96. The summed E-state index contributed by atoms with van der Waals surface area (Å²) in [5.41, 5.74) is -0.0593. The van der Waals surface area contributed by atoms with E-state index in [4.69, 9.17) is 0 Å². The summed E-state index contributed by atoms with van der Waals surface area (Å²) < 4.78 is 2.10. The van der Waals surface area contributed by atoms with Gasteiger partial charge in [0, 0.05) is 6.07 Å². The zero-order valence-corrected chi connectivity index (χ0v) is 9.46. The van der Waals surface area contributed by atoms with Crippen molar-refractivity contribution in [1.29, 1.82) is 0 Å². The van der Waals surface area contributed by atoms with Gasteiger partial charge in [0.05, 0.1) is 6.37 Å². The molecule has 0 aromatic carbocycles. The van der Waals surface area contributed by atoms with Gasteiger partial charge in [-0.15, -0.1) is 0 Å². The van der Waals surface area contributed by atoms with Crippen LogP contribution in [0.5, 0.6) is 0 Å². The zero-order valence-electron chi connectivity index (χ0n) is 4.71. The minimum atomic E-state index is -0.0593. The summed E-state index contributed by atoms with van der Waals surface area (Å²) in [6.07, 6.45) is 0.358. The number of nitrogens with zero attached hydrogens (tertiary/aromatic N) is 2. The first-order valence-corrected chi connectivity index (χ1v) is 7.22. The van der Waals surface area contributed by atoms with Crippen LogP contribution in [0.1, 0.15) is 0 Å². The van der Waals surface area contributed by atoms with Crippen LogP contribution in [0.3, 0.4) is 0 Å². The number of hydrogen-bond donors (Lipinski definition) is 0. The lowest BCUT2D eigenvalue weighted by Crippen LogP contribution is -2.13. The van der Waals surface area contributed by atoms with E-state index in [-0.39, 0.29) is 5.56 Å². The fourth-order valence-corrected chi connectivity index (χ4v) is 2.23. The Labute approximate surface area is 80.7 Å². The van der Waals surface area contributed by atoms with Gasteiger partial charge in [-0.2, -0.15) is 5.10 Å². The molecular weight excluding hydrogens is 330 g/mol. The van der Waals surface area contributed by atoms with Gasteiger partial charge < -0.3 is 0 Å². The van der Waals surface area contributed by atoms with Crippen molar-refractivity contribution in [2.24, 2.45) is 0 Å². The van der Waals surface area contributed by atoms with Gasteiger partial charge >= 0.3 is 0 Å². The van der Waals surface area contributed by atoms with Crippen molar-refractivity contribution in [3.05, 3.63) is 27.1 Å². The maximum absolute atomic E-state index is 10.9. The van der Waals surface area contributed by atoms with E-state index >= 15 is 0 Å². The normalized spacial score (nSPS) is 11.0. The zero-order chi connectivity index (χ0) is 7.56. The second kappa shape index (κ2) is 3.78. The molecule has 1 unspecified atom stereocenters. The molecule has 1 rings (SSSR count). The third-order valence-electron chi connectivity index (χ3n) is 0.848. The Morgan fingerprint density at radius 3 is 2.90 bits per heavy atom. The van der Waals surface area contributed by atoms with Crippen molar-refractivity contribution in [2.75, 3.05) is 0 Å². The average molecular weight is 333 g/mol. The number of aromatic nitrogens is 2. The summed E-state index contributed by atoms with van der Waals surface area (Å²) in [5, 5.41) is 3.92.